The van der Waals surface area contributed by atoms with Crippen LogP contribution in [0.15, 0.2) is 72.8 Å². The number of amides is 2. The number of nitrogens with one attached hydrogen (secondary N) is 1. The van der Waals surface area contributed by atoms with Gasteiger partial charge in [-0.25, -0.2) is 0 Å². The Morgan fingerprint density at radius 3 is 2.21 bits per heavy atom. The first-order valence-electron chi connectivity index (χ1n) is 11.4. The second-order valence-electron chi connectivity index (χ2n) is 8.77. The summed E-state index contributed by atoms with van der Waals surface area (Å²) >= 11 is 0. The van der Waals surface area contributed by atoms with Crippen LogP contribution in [-0.2, 0) is 16.1 Å². The molecule has 2 amide bonds. The number of hydrogen-bond donors (Lipinski definition) is 2. The molecule has 1 fully saturated rings. The van der Waals surface area contributed by atoms with Crippen LogP contribution in [0.2, 0.25) is 0 Å². The number of ether oxygens (including phenoxy) is 1. The molecule has 1 saturated heterocycles. The van der Waals surface area contributed by atoms with E-state index in [1.54, 1.807) is 0 Å². The van der Waals surface area contributed by atoms with Crippen molar-refractivity contribution in [1.82, 2.24) is 4.90 Å². The standard InChI is InChI=1S/C27H27N3O3/c28-26(31)19-6-5-15-30(17-19)16-18-11-13-20(14-12-18)29-27(32)25-21-7-1-3-9-23(21)33-24-10-4-2-8-22(24)25/h1-4,7-14,19,25H,5-6,15-17H2,(H2,28,31)(H,29,32). The van der Waals surface area contributed by atoms with Crippen LogP contribution in [0.3, 0.4) is 0 Å². The van der Waals surface area contributed by atoms with E-state index in [2.05, 4.69) is 10.2 Å². The van der Waals surface area contributed by atoms with E-state index in [0.29, 0.717) is 18.0 Å². The van der Waals surface area contributed by atoms with Gasteiger partial charge in [0.2, 0.25) is 11.8 Å². The molecule has 3 aromatic rings. The number of fused-ring (bicyclic) bond motifs is 2. The Morgan fingerprint density at radius 1 is 0.939 bits per heavy atom. The maximum atomic E-state index is 13.4. The van der Waals surface area contributed by atoms with Gasteiger partial charge in [-0.2, -0.15) is 0 Å². The van der Waals surface area contributed by atoms with Crippen molar-refractivity contribution in [2.45, 2.75) is 25.3 Å². The van der Waals surface area contributed by atoms with Gasteiger partial charge >= 0.3 is 0 Å². The van der Waals surface area contributed by atoms with Gasteiger partial charge in [0.25, 0.3) is 0 Å². The highest BCUT2D eigenvalue weighted by molar-refractivity contribution is 5.99. The van der Waals surface area contributed by atoms with Crippen molar-refractivity contribution in [3.8, 4) is 11.5 Å². The molecule has 1 atom stereocenters. The number of carbonyl (C=O) groups is 2. The first-order chi connectivity index (χ1) is 16.1. The zero-order chi connectivity index (χ0) is 22.8. The molecule has 168 valence electrons. The van der Waals surface area contributed by atoms with Gasteiger partial charge in [0.1, 0.15) is 11.5 Å². The molecule has 0 aromatic heterocycles. The SMILES string of the molecule is NC(=O)C1CCCN(Cc2ccc(NC(=O)C3c4ccccc4Oc4ccccc43)cc2)C1. The van der Waals surface area contributed by atoms with E-state index in [4.69, 9.17) is 10.5 Å². The Bertz CT molecular complexity index is 1130. The molecular weight excluding hydrogens is 414 g/mol. The molecule has 0 aliphatic carbocycles. The van der Waals surface area contributed by atoms with E-state index in [0.717, 1.165) is 48.3 Å². The number of nitrogens with two attached hydrogens (primary N) is 1. The molecule has 2 heterocycles. The first-order valence-corrected chi connectivity index (χ1v) is 11.4. The number of anilines is 1. The summed E-state index contributed by atoms with van der Waals surface area (Å²) < 4.78 is 6.00. The summed E-state index contributed by atoms with van der Waals surface area (Å²) in [7, 11) is 0. The van der Waals surface area contributed by atoms with Crippen molar-refractivity contribution in [1.29, 1.82) is 0 Å². The molecule has 3 N–H and O–H groups in total. The Morgan fingerprint density at radius 2 is 1.58 bits per heavy atom. The third kappa shape index (κ3) is 4.47. The van der Waals surface area contributed by atoms with Gasteiger partial charge in [-0.15, -0.1) is 0 Å². The van der Waals surface area contributed by atoms with Crippen molar-refractivity contribution in [2.24, 2.45) is 11.7 Å². The third-order valence-electron chi connectivity index (χ3n) is 6.48. The molecule has 5 rings (SSSR count). The number of benzene rings is 3. The lowest BCUT2D eigenvalue weighted by molar-refractivity contribution is -0.123. The Balaban J connectivity index is 1.30. The largest absolute Gasteiger partial charge is 0.457 e. The zero-order valence-corrected chi connectivity index (χ0v) is 18.4. The summed E-state index contributed by atoms with van der Waals surface area (Å²) in [4.78, 5) is 27.2. The van der Waals surface area contributed by atoms with Gasteiger partial charge in [0.05, 0.1) is 11.8 Å². The van der Waals surface area contributed by atoms with Crippen LogP contribution in [0.4, 0.5) is 5.69 Å². The number of carbonyl (C=O) groups excluding carboxylic acids is 2. The molecule has 1 unspecified atom stereocenters. The van der Waals surface area contributed by atoms with Gasteiger partial charge in [0, 0.05) is 29.9 Å². The summed E-state index contributed by atoms with van der Waals surface area (Å²) in [6.45, 7) is 2.43. The maximum Gasteiger partial charge on any atom is 0.236 e. The van der Waals surface area contributed by atoms with E-state index in [1.165, 1.54) is 0 Å². The predicted octanol–water partition coefficient (Wildman–Crippen LogP) is 4.26. The quantitative estimate of drug-likeness (QED) is 0.620. The van der Waals surface area contributed by atoms with Gasteiger partial charge in [-0.05, 0) is 49.2 Å². The normalized spacial score (nSPS) is 18.0. The van der Waals surface area contributed by atoms with Gasteiger partial charge in [-0.3, -0.25) is 14.5 Å². The van der Waals surface area contributed by atoms with E-state index in [9.17, 15) is 9.59 Å². The van der Waals surface area contributed by atoms with Crippen molar-refractivity contribution in [2.75, 3.05) is 18.4 Å². The molecule has 2 aliphatic rings. The summed E-state index contributed by atoms with van der Waals surface area (Å²) in [5, 5.41) is 3.08. The number of para-hydroxylation sites is 2. The second kappa shape index (κ2) is 9.08. The Labute approximate surface area is 193 Å². The van der Waals surface area contributed by atoms with Crippen LogP contribution in [-0.4, -0.2) is 29.8 Å². The molecule has 0 spiro atoms. The summed E-state index contributed by atoms with van der Waals surface area (Å²) in [5.74, 6) is 0.609. The topological polar surface area (TPSA) is 84.7 Å². The minimum Gasteiger partial charge on any atom is -0.457 e. The zero-order valence-electron chi connectivity index (χ0n) is 18.4. The monoisotopic (exact) mass is 441 g/mol. The Kier molecular flexibility index (Phi) is 5.84. The predicted molar refractivity (Wildman–Crippen MR) is 127 cm³/mol. The summed E-state index contributed by atoms with van der Waals surface area (Å²) in [5.41, 5.74) is 9.11. The number of piperidine rings is 1. The van der Waals surface area contributed by atoms with Crippen molar-refractivity contribution in [3.05, 3.63) is 89.5 Å². The molecule has 0 saturated carbocycles. The van der Waals surface area contributed by atoms with Crippen molar-refractivity contribution in [3.63, 3.8) is 0 Å². The van der Waals surface area contributed by atoms with Crippen LogP contribution >= 0.6 is 0 Å². The lowest BCUT2D eigenvalue weighted by Gasteiger charge is -2.31. The van der Waals surface area contributed by atoms with Crippen LogP contribution in [0, 0.1) is 5.92 Å². The van der Waals surface area contributed by atoms with Crippen molar-refractivity contribution < 1.29 is 14.3 Å². The van der Waals surface area contributed by atoms with E-state index in [-0.39, 0.29) is 17.7 Å². The highest BCUT2D eigenvalue weighted by Gasteiger charge is 2.32. The molecule has 2 aliphatic heterocycles. The molecule has 3 aromatic carbocycles. The van der Waals surface area contributed by atoms with Gasteiger partial charge in [0.15, 0.2) is 0 Å². The highest BCUT2D eigenvalue weighted by atomic mass is 16.5. The number of hydrogen-bond acceptors (Lipinski definition) is 4. The van der Waals surface area contributed by atoms with E-state index in [1.807, 2.05) is 72.8 Å². The number of nitrogens with zero attached hydrogens (tertiary/aromatic N) is 1. The lowest BCUT2D eigenvalue weighted by atomic mass is 9.87. The van der Waals surface area contributed by atoms with Crippen LogP contribution in [0.25, 0.3) is 0 Å². The third-order valence-corrected chi connectivity index (χ3v) is 6.48. The molecule has 0 bridgehead atoms. The molecule has 33 heavy (non-hydrogen) atoms. The van der Waals surface area contributed by atoms with Gasteiger partial charge < -0.3 is 15.8 Å². The molecular formula is C27H27N3O3. The first kappa shape index (κ1) is 21.2. The van der Waals surface area contributed by atoms with E-state index >= 15 is 0 Å². The minimum absolute atomic E-state index is 0.0671. The highest BCUT2D eigenvalue weighted by Crippen LogP contribution is 2.44. The number of likely N-dealkylation sites (tertiary alicyclic amines) is 1. The maximum absolute atomic E-state index is 13.4. The van der Waals surface area contributed by atoms with Gasteiger partial charge in [-0.1, -0.05) is 48.5 Å². The average Bonchev–Trinajstić information content (AvgIpc) is 2.83. The number of rotatable bonds is 5. The summed E-state index contributed by atoms with van der Waals surface area (Å²) in [6, 6.07) is 23.2. The lowest BCUT2D eigenvalue weighted by Crippen LogP contribution is -2.40. The fourth-order valence-electron chi connectivity index (χ4n) is 4.79. The summed E-state index contributed by atoms with van der Waals surface area (Å²) in [6.07, 6.45) is 1.85. The average molecular weight is 442 g/mol. The Hall–Kier alpha value is -3.64. The molecule has 6 heteroatoms. The molecule has 0 radical (unpaired) electrons. The molecule has 6 nitrogen and oxygen atoms in total. The number of primary amides is 1. The fourth-order valence-corrected chi connectivity index (χ4v) is 4.79. The van der Waals surface area contributed by atoms with Crippen LogP contribution < -0.4 is 15.8 Å². The minimum atomic E-state index is -0.440. The van der Waals surface area contributed by atoms with Crippen LogP contribution in [0.5, 0.6) is 11.5 Å². The van der Waals surface area contributed by atoms with Crippen LogP contribution in [0.1, 0.15) is 35.4 Å². The fraction of sp³-hybridized carbons (Fsp3) is 0.259. The van der Waals surface area contributed by atoms with E-state index < -0.39 is 5.92 Å². The second-order valence-corrected chi connectivity index (χ2v) is 8.77. The van der Waals surface area contributed by atoms with Crippen molar-refractivity contribution >= 4 is 17.5 Å². The smallest absolute Gasteiger partial charge is 0.236 e.